The van der Waals surface area contributed by atoms with E-state index in [-0.39, 0.29) is 5.54 Å². The Labute approximate surface area is 76.1 Å². The summed E-state index contributed by atoms with van der Waals surface area (Å²) in [5.41, 5.74) is 0.124. The van der Waals surface area contributed by atoms with Crippen molar-refractivity contribution >= 4 is 5.96 Å². The van der Waals surface area contributed by atoms with Crippen molar-refractivity contribution < 1.29 is 0 Å². The van der Waals surface area contributed by atoms with Gasteiger partial charge in [0.25, 0.3) is 0 Å². The zero-order valence-corrected chi connectivity index (χ0v) is 9.34. The molecule has 0 amide bonds. The van der Waals surface area contributed by atoms with Crippen LogP contribution in [0.25, 0.3) is 0 Å². The second-order valence-corrected chi connectivity index (χ2v) is 4.15. The topological polar surface area (TPSA) is 18.8 Å². The van der Waals surface area contributed by atoms with Crippen LogP contribution < -0.4 is 0 Å². The van der Waals surface area contributed by atoms with Crippen molar-refractivity contribution in [2.75, 3.05) is 28.2 Å². The third kappa shape index (κ3) is 2.72. The van der Waals surface area contributed by atoms with Crippen LogP contribution in [0.1, 0.15) is 20.8 Å². The predicted molar refractivity (Wildman–Crippen MR) is 54.6 cm³/mol. The van der Waals surface area contributed by atoms with E-state index in [2.05, 4.69) is 37.7 Å². The lowest BCUT2D eigenvalue weighted by Crippen LogP contribution is -2.48. The lowest BCUT2D eigenvalue weighted by Gasteiger charge is -2.37. The van der Waals surface area contributed by atoms with Crippen LogP contribution in [0.15, 0.2) is 4.99 Å². The standard InChI is InChI=1S/C9H21N3/c1-9(2,3)12(7)8(10-4)11(5)6/h1-7H3/b10-8-. The van der Waals surface area contributed by atoms with Gasteiger partial charge in [0, 0.05) is 33.7 Å². The molecule has 72 valence electrons. The molecule has 0 aliphatic rings. The quantitative estimate of drug-likeness (QED) is 0.404. The molecule has 12 heavy (non-hydrogen) atoms. The van der Waals surface area contributed by atoms with Crippen molar-refractivity contribution in [2.24, 2.45) is 4.99 Å². The van der Waals surface area contributed by atoms with E-state index >= 15 is 0 Å². The number of hydrogen-bond acceptors (Lipinski definition) is 1. The highest BCUT2D eigenvalue weighted by atomic mass is 15.4. The number of hydrogen-bond donors (Lipinski definition) is 0. The minimum atomic E-state index is 0.124. The van der Waals surface area contributed by atoms with Crippen LogP contribution in [0.2, 0.25) is 0 Å². The summed E-state index contributed by atoms with van der Waals surface area (Å²) in [5.74, 6) is 1.00. The third-order valence-corrected chi connectivity index (χ3v) is 1.91. The summed E-state index contributed by atoms with van der Waals surface area (Å²) in [5, 5.41) is 0. The Bertz CT molecular complexity index is 165. The first-order valence-corrected chi connectivity index (χ1v) is 4.18. The van der Waals surface area contributed by atoms with Crippen LogP contribution in [0.3, 0.4) is 0 Å². The van der Waals surface area contributed by atoms with Gasteiger partial charge in [0.15, 0.2) is 5.96 Å². The van der Waals surface area contributed by atoms with Gasteiger partial charge in [-0.15, -0.1) is 0 Å². The summed E-state index contributed by atoms with van der Waals surface area (Å²) in [7, 11) is 7.88. The van der Waals surface area contributed by atoms with Crippen molar-refractivity contribution in [3.05, 3.63) is 0 Å². The lowest BCUT2D eigenvalue weighted by atomic mass is 10.1. The molecule has 3 nitrogen and oxygen atoms in total. The zero-order chi connectivity index (χ0) is 9.94. The van der Waals surface area contributed by atoms with E-state index in [4.69, 9.17) is 0 Å². The van der Waals surface area contributed by atoms with Crippen molar-refractivity contribution in [3.8, 4) is 0 Å². The molecule has 0 aliphatic heterocycles. The van der Waals surface area contributed by atoms with Gasteiger partial charge in [-0.1, -0.05) is 0 Å². The third-order valence-electron chi connectivity index (χ3n) is 1.91. The van der Waals surface area contributed by atoms with Gasteiger partial charge in [-0.2, -0.15) is 0 Å². The molecule has 0 rings (SSSR count). The van der Waals surface area contributed by atoms with E-state index in [1.807, 2.05) is 26.0 Å². The van der Waals surface area contributed by atoms with Crippen LogP contribution in [0, 0.1) is 0 Å². The van der Waals surface area contributed by atoms with Crippen LogP contribution in [0.4, 0.5) is 0 Å². The Morgan fingerprint density at radius 3 is 1.58 bits per heavy atom. The highest BCUT2D eigenvalue weighted by molar-refractivity contribution is 5.79. The smallest absolute Gasteiger partial charge is 0.195 e. The normalized spacial score (nSPS) is 13.1. The van der Waals surface area contributed by atoms with E-state index in [0.717, 1.165) is 5.96 Å². The summed E-state index contributed by atoms with van der Waals surface area (Å²) in [6, 6.07) is 0. The Balaban J connectivity index is 4.56. The first-order valence-electron chi connectivity index (χ1n) is 4.18. The summed E-state index contributed by atoms with van der Waals surface area (Å²) in [6.07, 6.45) is 0. The Morgan fingerprint density at radius 2 is 1.50 bits per heavy atom. The van der Waals surface area contributed by atoms with Gasteiger partial charge in [-0.3, -0.25) is 4.99 Å². The molecule has 0 fully saturated rings. The molecule has 0 bridgehead atoms. The monoisotopic (exact) mass is 171 g/mol. The second-order valence-electron chi connectivity index (χ2n) is 4.15. The van der Waals surface area contributed by atoms with Crippen LogP contribution in [-0.4, -0.2) is 49.5 Å². The van der Waals surface area contributed by atoms with Crippen molar-refractivity contribution in [2.45, 2.75) is 26.3 Å². The number of guanidine groups is 1. The van der Waals surface area contributed by atoms with Crippen molar-refractivity contribution in [1.29, 1.82) is 0 Å². The van der Waals surface area contributed by atoms with E-state index in [0.29, 0.717) is 0 Å². The Hall–Kier alpha value is -0.730. The Morgan fingerprint density at radius 1 is 1.08 bits per heavy atom. The lowest BCUT2D eigenvalue weighted by molar-refractivity contribution is 0.254. The molecule has 0 saturated heterocycles. The number of aliphatic imine (C=N–C) groups is 1. The van der Waals surface area contributed by atoms with E-state index in [1.165, 1.54) is 0 Å². The highest BCUT2D eigenvalue weighted by Gasteiger charge is 2.21. The average molecular weight is 171 g/mol. The molecule has 0 aromatic heterocycles. The maximum atomic E-state index is 4.22. The molecular weight excluding hydrogens is 150 g/mol. The molecule has 0 radical (unpaired) electrons. The first kappa shape index (κ1) is 11.3. The molecule has 3 heteroatoms. The minimum Gasteiger partial charge on any atom is -0.349 e. The largest absolute Gasteiger partial charge is 0.349 e. The summed E-state index contributed by atoms with van der Waals surface area (Å²) in [6.45, 7) is 6.51. The molecule has 0 aromatic carbocycles. The molecule has 0 N–H and O–H groups in total. The molecule has 0 aromatic rings. The summed E-state index contributed by atoms with van der Waals surface area (Å²) in [4.78, 5) is 8.40. The molecule has 0 aliphatic carbocycles. The van der Waals surface area contributed by atoms with Gasteiger partial charge in [0.05, 0.1) is 0 Å². The fourth-order valence-electron chi connectivity index (χ4n) is 0.950. The van der Waals surface area contributed by atoms with Crippen molar-refractivity contribution in [1.82, 2.24) is 9.80 Å². The maximum Gasteiger partial charge on any atom is 0.195 e. The Kier molecular flexibility index (Phi) is 3.55. The summed E-state index contributed by atoms with van der Waals surface area (Å²) >= 11 is 0. The van der Waals surface area contributed by atoms with E-state index in [9.17, 15) is 0 Å². The molecule has 0 saturated carbocycles. The molecule has 0 unspecified atom stereocenters. The van der Waals surface area contributed by atoms with Gasteiger partial charge in [0.1, 0.15) is 0 Å². The number of nitrogens with zero attached hydrogens (tertiary/aromatic N) is 3. The SMILES string of the molecule is C/N=C(/N(C)C)N(C)C(C)(C)C. The van der Waals surface area contributed by atoms with Gasteiger partial charge >= 0.3 is 0 Å². The van der Waals surface area contributed by atoms with Gasteiger partial charge in [-0.05, 0) is 20.8 Å². The maximum absolute atomic E-state index is 4.22. The molecular formula is C9H21N3. The predicted octanol–water partition coefficient (Wildman–Crippen LogP) is 1.26. The van der Waals surface area contributed by atoms with Gasteiger partial charge in [-0.25, -0.2) is 0 Å². The van der Waals surface area contributed by atoms with Crippen LogP contribution >= 0.6 is 0 Å². The fourth-order valence-corrected chi connectivity index (χ4v) is 0.950. The second kappa shape index (κ2) is 3.78. The minimum absolute atomic E-state index is 0.124. The molecule has 0 heterocycles. The van der Waals surface area contributed by atoms with Gasteiger partial charge in [0.2, 0.25) is 0 Å². The van der Waals surface area contributed by atoms with Crippen LogP contribution in [-0.2, 0) is 0 Å². The number of rotatable bonds is 0. The van der Waals surface area contributed by atoms with Gasteiger partial charge < -0.3 is 9.80 Å². The van der Waals surface area contributed by atoms with Crippen LogP contribution in [0.5, 0.6) is 0 Å². The highest BCUT2D eigenvalue weighted by Crippen LogP contribution is 2.11. The molecule has 0 atom stereocenters. The van der Waals surface area contributed by atoms with E-state index < -0.39 is 0 Å². The van der Waals surface area contributed by atoms with Crippen molar-refractivity contribution in [3.63, 3.8) is 0 Å². The average Bonchev–Trinajstić information content (AvgIpc) is 1.86. The first-order chi connectivity index (χ1) is 5.30. The molecule has 0 spiro atoms. The zero-order valence-electron chi connectivity index (χ0n) is 9.34. The van der Waals surface area contributed by atoms with E-state index in [1.54, 1.807) is 0 Å². The fraction of sp³-hybridized carbons (Fsp3) is 0.889. The summed E-state index contributed by atoms with van der Waals surface area (Å²) < 4.78 is 0.